The second kappa shape index (κ2) is 7.89. The van der Waals surface area contributed by atoms with E-state index in [-0.39, 0.29) is 6.61 Å². The molecule has 0 fully saturated rings. The van der Waals surface area contributed by atoms with Crippen LogP contribution in [0.25, 0.3) is 16.7 Å². The first kappa shape index (κ1) is 19.3. The van der Waals surface area contributed by atoms with Gasteiger partial charge in [0.05, 0.1) is 17.9 Å². The van der Waals surface area contributed by atoms with Crippen LogP contribution in [-0.4, -0.2) is 23.7 Å². The number of nitrogens with zero attached hydrogens (tertiary/aromatic N) is 1. The van der Waals surface area contributed by atoms with Crippen molar-refractivity contribution in [3.05, 3.63) is 58.3 Å². The van der Waals surface area contributed by atoms with Gasteiger partial charge >= 0.3 is 12.1 Å². The average Bonchev–Trinajstić information content (AvgIpc) is 2.52. The summed E-state index contributed by atoms with van der Waals surface area (Å²) in [6.07, 6.45) is -3.12. The number of pyridine rings is 1. The summed E-state index contributed by atoms with van der Waals surface area (Å²) < 4.78 is 44.1. The number of allylic oxidation sites excluding steroid dienone is 1. The molecule has 2 aromatic rings. The van der Waals surface area contributed by atoms with E-state index < -0.39 is 23.4 Å². The summed E-state index contributed by atoms with van der Waals surface area (Å²) in [5, 5.41) is 0.787. The minimum absolute atomic E-state index is 0.0259. The largest absolute Gasteiger partial charge is 0.463 e. The molecule has 1 aromatic carbocycles. The monoisotopic (exact) mass is 389 g/mol. The Balaban J connectivity index is 2.40. The highest BCUT2D eigenvalue weighted by Crippen LogP contribution is 2.35. The molecule has 0 aliphatic carbocycles. The predicted molar refractivity (Wildman–Crippen MR) is 90.4 cm³/mol. The van der Waals surface area contributed by atoms with E-state index in [1.54, 1.807) is 12.1 Å². The van der Waals surface area contributed by atoms with E-state index in [9.17, 15) is 18.0 Å². The van der Waals surface area contributed by atoms with Gasteiger partial charge in [0, 0.05) is 33.4 Å². The summed E-state index contributed by atoms with van der Waals surface area (Å²) in [5.74, 6) is -1.08. The van der Waals surface area contributed by atoms with E-state index in [2.05, 4.69) is 9.72 Å². The Labute approximate surface area is 152 Å². The molecule has 0 amide bonds. The Kier molecular flexibility index (Phi) is 6.08. The number of alkyl halides is 3. The molecule has 0 aliphatic heterocycles. The number of aromatic nitrogens is 1. The van der Waals surface area contributed by atoms with E-state index in [1.165, 1.54) is 31.3 Å². The van der Waals surface area contributed by atoms with Gasteiger partial charge in [-0.2, -0.15) is 13.2 Å². The Hall–Kier alpha value is -2.05. The van der Waals surface area contributed by atoms with E-state index in [0.717, 1.165) is 0 Å². The van der Waals surface area contributed by atoms with Crippen LogP contribution in [-0.2, 0) is 9.53 Å². The molecule has 0 spiro atoms. The lowest BCUT2D eigenvalue weighted by molar-refractivity contribution is -0.137. The number of carbonyl (C=O) groups excluding carboxylic acids is 1. The first-order valence-electron chi connectivity index (χ1n) is 7.10. The van der Waals surface area contributed by atoms with E-state index in [1.807, 2.05) is 0 Å². The average molecular weight is 390 g/mol. The molecular formula is C17H12Cl2F3NO2. The topological polar surface area (TPSA) is 39.2 Å². The van der Waals surface area contributed by atoms with E-state index >= 15 is 0 Å². The molecule has 132 valence electrons. The summed E-state index contributed by atoms with van der Waals surface area (Å²) in [5.41, 5.74) is -0.481. The summed E-state index contributed by atoms with van der Waals surface area (Å²) in [7, 11) is 0. The third-order valence-corrected chi connectivity index (χ3v) is 3.68. The van der Waals surface area contributed by atoms with E-state index in [0.29, 0.717) is 27.2 Å². The predicted octanol–water partition coefficient (Wildman–Crippen LogP) is 5.56. The van der Waals surface area contributed by atoms with Crippen molar-refractivity contribution >= 4 is 34.7 Å². The number of ether oxygens (including phenoxy) is 1. The number of rotatable bonds is 4. The van der Waals surface area contributed by atoms with Gasteiger partial charge in [0.25, 0.3) is 0 Å². The lowest BCUT2D eigenvalue weighted by Gasteiger charge is -2.12. The Bertz CT molecular complexity index is 803. The number of esters is 1. The SMILES string of the molecule is CCOC(=O)C=C(c1ccc(-c2ccc(Cl)cc2Cl)cn1)C(F)(F)F. The van der Waals surface area contributed by atoms with Crippen LogP contribution in [0.4, 0.5) is 13.2 Å². The summed E-state index contributed by atoms with van der Waals surface area (Å²) in [4.78, 5) is 15.2. The number of hydrogen-bond donors (Lipinski definition) is 0. The third-order valence-electron chi connectivity index (χ3n) is 3.14. The molecule has 0 N–H and O–H groups in total. The van der Waals surface area contributed by atoms with Gasteiger partial charge in [0.1, 0.15) is 0 Å². The second-order valence-corrected chi connectivity index (χ2v) is 5.71. The van der Waals surface area contributed by atoms with Crippen LogP contribution in [0.5, 0.6) is 0 Å². The van der Waals surface area contributed by atoms with Gasteiger partial charge in [0.15, 0.2) is 0 Å². The zero-order valence-electron chi connectivity index (χ0n) is 12.9. The van der Waals surface area contributed by atoms with Crippen LogP contribution in [0.15, 0.2) is 42.6 Å². The van der Waals surface area contributed by atoms with Crippen LogP contribution < -0.4 is 0 Å². The van der Waals surface area contributed by atoms with Crippen molar-refractivity contribution in [1.82, 2.24) is 4.98 Å². The van der Waals surface area contributed by atoms with Gasteiger partial charge in [-0.25, -0.2) is 4.79 Å². The fourth-order valence-electron chi connectivity index (χ4n) is 2.04. The van der Waals surface area contributed by atoms with Gasteiger partial charge in [-0.15, -0.1) is 0 Å². The molecule has 1 aromatic heterocycles. The van der Waals surface area contributed by atoms with Crippen LogP contribution >= 0.6 is 23.2 Å². The zero-order valence-corrected chi connectivity index (χ0v) is 14.4. The van der Waals surface area contributed by atoms with Crippen molar-refractivity contribution in [2.24, 2.45) is 0 Å². The first-order valence-corrected chi connectivity index (χ1v) is 7.85. The summed E-state index contributed by atoms with van der Waals surface area (Å²) in [6.45, 7) is 1.48. The highest BCUT2D eigenvalue weighted by molar-refractivity contribution is 6.36. The Morgan fingerprint density at radius 2 is 1.96 bits per heavy atom. The molecule has 0 bridgehead atoms. The minimum Gasteiger partial charge on any atom is -0.463 e. The number of hydrogen-bond acceptors (Lipinski definition) is 3. The van der Waals surface area contributed by atoms with Crippen molar-refractivity contribution in [3.8, 4) is 11.1 Å². The maximum Gasteiger partial charge on any atom is 0.418 e. The van der Waals surface area contributed by atoms with Crippen LogP contribution in [0, 0.1) is 0 Å². The molecule has 25 heavy (non-hydrogen) atoms. The molecule has 8 heteroatoms. The number of halogens is 5. The highest BCUT2D eigenvalue weighted by atomic mass is 35.5. The molecule has 0 unspecified atom stereocenters. The molecule has 0 saturated carbocycles. The van der Waals surface area contributed by atoms with Crippen LogP contribution in [0.3, 0.4) is 0 Å². The lowest BCUT2D eigenvalue weighted by Crippen LogP contribution is -2.14. The maximum atomic E-state index is 13.2. The maximum absolute atomic E-state index is 13.2. The first-order chi connectivity index (χ1) is 11.7. The van der Waals surface area contributed by atoms with Crippen LogP contribution in [0.2, 0.25) is 10.0 Å². The number of benzene rings is 1. The molecule has 0 aliphatic rings. The number of carbonyl (C=O) groups is 1. The second-order valence-electron chi connectivity index (χ2n) is 4.86. The Morgan fingerprint density at radius 1 is 1.24 bits per heavy atom. The van der Waals surface area contributed by atoms with Crippen molar-refractivity contribution in [1.29, 1.82) is 0 Å². The molecule has 1 heterocycles. The normalized spacial score (nSPS) is 12.2. The minimum atomic E-state index is -4.75. The van der Waals surface area contributed by atoms with Gasteiger partial charge < -0.3 is 4.74 Å². The lowest BCUT2D eigenvalue weighted by atomic mass is 10.1. The van der Waals surface area contributed by atoms with Crippen molar-refractivity contribution < 1.29 is 22.7 Å². The summed E-state index contributed by atoms with van der Waals surface area (Å²) in [6, 6.07) is 7.37. The molecule has 0 radical (unpaired) electrons. The Morgan fingerprint density at radius 3 is 2.48 bits per heavy atom. The standard InChI is InChI=1S/C17H12Cl2F3NO2/c1-2-25-16(24)8-13(17(20,21)22)15-6-3-10(9-23-15)12-5-4-11(18)7-14(12)19/h3-9H,2H2,1H3. The molecule has 0 saturated heterocycles. The zero-order chi connectivity index (χ0) is 18.6. The van der Waals surface area contributed by atoms with Gasteiger partial charge in [-0.3, -0.25) is 4.98 Å². The highest BCUT2D eigenvalue weighted by Gasteiger charge is 2.36. The molecule has 3 nitrogen and oxygen atoms in total. The van der Waals surface area contributed by atoms with E-state index in [4.69, 9.17) is 23.2 Å². The van der Waals surface area contributed by atoms with Gasteiger partial charge in [0.2, 0.25) is 0 Å². The van der Waals surface area contributed by atoms with Crippen LogP contribution in [0.1, 0.15) is 12.6 Å². The third kappa shape index (κ3) is 4.96. The summed E-state index contributed by atoms with van der Waals surface area (Å²) >= 11 is 11.9. The molecular weight excluding hydrogens is 378 g/mol. The molecule has 2 rings (SSSR count). The molecule has 0 atom stereocenters. The van der Waals surface area contributed by atoms with Crippen molar-refractivity contribution in [2.75, 3.05) is 6.61 Å². The van der Waals surface area contributed by atoms with Gasteiger partial charge in [-0.1, -0.05) is 35.3 Å². The van der Waals surface area contributed by atoms with Gasteiger partial charge in [-0.05, 0) is 25.1 Å². The fourth-order valence-corrected chi connectivity index (χ4v) is 2.56. The smallest absolute Gasteiger partial charge is 0.418 e. The fraction of sp³-hybridized carbons (Fsp3) is 0.176. The quantitative estimate of drug-likeness (QED) is 0.507. The van der Waals surface area contributed by atoms with Crippen molar-refractivity contribution in [3.63, 3.8) is 0 Å². The van der Waals surface area contributed by atoms with Crippen molar-refractivity contribution in [2.45, 2.75) is 13.1 Å².